The van der Waals surface area contributed by atoms with Gasteiger partial charge in [-0.3, -0.25) is 0 Å². The summed E-state index contributed by atoms with van der Waals surface area (Å²) in [5.41, 5.74) is 0.543. The zero-order valence-corrected chi connectivity index (χ0v) is 20.0. The second-order valence-electron chi connectivity index (χ2n) is 10.9. The molecule has 0 aliphatic heterocycles. The molecule has 0 aromatic heterocycles. The fourth-order valence-corrected chi connectivity index (χ4v) is 7.23. The lowest BCUT2D eigenvalue weighted by Gasteiger charge is -2.45. The van der Waals surface area contributed by atoms with Gasteiger partial charge in [0.15, 0.2) is 11.6 Å². The van der Waals surface area contributed by atoms with Crippen molar-refractivity contribution in [1.29, 1.82) is 0 Å². The molecule has 178 valence electrons. The Morgan fingerprint density at radius 1 is 0.875 bits per heavy atom. The van der Waals surface area contributed by atoms with E-state index >= 15 is 0 Å². The molecule has 1 nitrogen and oxygen atoms in total. The van der Waals surface area contributed by atoms with Crippen molar-refractivity contribution in [2.24, 2.45) is 29.6 Å². The predicted molar refractivity (Wildman–Crippen MR) is 128 cm³/mol. The second-order valence-corrected chi connectivity index (χ2v) is 10.9. The van der Waals surface area contributed by atoms with Crippen LogP contribution in [0.5, 0.6) is 5.75 Å². The van der Waals surface area contributed by atoms with Gasteiger partial charge in [0.05, 0.1) is 0 Å². The molecule has 0 bridgehead atoms. The lowest BCUT2D eigenvalue weighted by Crippen LogP contribution is -2.34. The molecule has 0 N–H and O–H groups in total. The molecule has 0 heterocycles. The molecule has 3 aliphatic rings. The number of hydrogen-bond donors (Lipinski definition) is 0. The third kappa shape index (κ3) is 5.39. The third-order valence-electron chi connectivity index (χ3n) is 9.04. The largest absolute Gasteiger partial charge is 0.486 e. The average Bonchev–Trinajstić information content (AvgIpc) is 2.83. The molecule has 32 heavy (non-hydrogen) atoms. The highest BCUT2D eigenvalue weighted by atomic mass is 19.2. The van der Waals surface area contributed by atoms with Crippen LogP contribution in [0.25, 0.3) is 0 Å². The smallest absolute Gasteiger partial charge is 0.200 e. The summed E-state index contributed by atoms with van der Waals surface area (Å²) in [5, 5.41) is 0. The van der Waals surface area contributed by atoms with Gasteiger partial charge in [0.2, 0.25) is 5.82 Å². The van der Waals surface area contributed by atoms with Gasteiger partial charge in [-0.2, -0.15) is 4.39 Å². The zero-order chi connectivity index (χ0) is 22.5. The summed E-state index contributed by atoms with van der Waals surface area (Å²) in [6.45, 7) is 6.05. The molecule has 0 amide bonds. The quantitative estimate of drug-likeness (QED) is 0.364. The molecule has 3 heteroatoms. The maximum atomic E-state index is 14.7. The van der Waals surface area contributed by atoms with E-state index in [0.29, 0.717) is 5.56 Å². The van der Waals surface area contributed by atoms with Gasteiger partial charge in [0, 0.05) is 0 Å². The SMILES string of the molecule is C=CCOc1ccc(C2CCC(C3CCC4CC(CCCC)CCC4C3)CC2)c(F)c1F. The minimum atomic E-state index is -0.848. The molecule has 4 atom stereocenters. The molecule has 3 saturated carbocycles. The van der Waals surface area contributed by atoms with Crippen molar-refractivity contribution in [2.75, 3.05) is 6.61 Å². The topological polar surface area (TPSA) is 9.23 Å². The van der Waals surface area contributed by atoms with Gasteiger partial charge < -0.3 is 4.74 Å². The first-order chi connectivity index (χ1) is 15.6. The van der Waals surface area contributed by atoms with E-state index in [9.17, 15) is 8.78 Å². The molecular formula is C29H42F2O. The van der Waals surface area contributed by atoms with Crippen molar-refractivity contribution in [3.05, 3.63) is 42.0 Å². The highest BCUT2D eigenvalue weighted by Gasteiger charge is 2.39. The van der Waals surface area contributed by atoms with Gasteiger partial charge in [0.25, 0.3) is 0 Å². The predicted octanol–water partition coefficient (Wildman–Crippen LogP) is 8.83. The molecule has 4 unspecified atom stereocenters. The number of rotatable bonds is 8. The Morgan fingerprint density at radius 2 is 1.53 bits per heavy atom. The second kappa shape index (κ2) is 11.2. The van der Waals surface area contributed by atoms with Crippen molar-refractivity contribution in [3.8, 4) is 5.75 Å². The number of halogens is 2. The zero-order valence-electron chi connectivity index (χ0n) is 20.0. The Labute approximate surface area is 194 Å². The normalized spacial score (nSPS) is 32.8. The summed E-state index contributed by atoms with van der Waals surface area (Å²) in [6.07, 6.45) is 18.7. The number of ether oxygens (including phenoxy) is 1. The molecular weight excluding hydrogens is 402 g/mol. The van der Waals surface area contributed by atoms with Crippen LogP contribution in [0.15, 0.2) is 24.8 Å². The van der Waals surface area contributed by atoms with Crippen LogP contribution < -0.4 is 4.74 Å². The van der Waals surface area contributed by atoms with Gasteiger partial charge in [0.1, 0.15) is 6.61 Å². The minimum Gasteiger partial charge on any atom is -0.486 e. The van der Waals surface area contributed by atoms with Crippen molar-refractivity contribution in [2.45, 2.75) is 96.3 Å². The van der Waals surface area contributed by atoms with Crippen LogP contribution in [0, 0.1) is 41.2 Å². The Hall–Kier alpha value is -1.38. The molecule has 0 spiro atoms. The standard InChI is InChI=1S/C29H42F2O/c1-3-5-6-20-7-8-25-19-24(14-13-23(25)18-20)21-9-11-22(12-10-21)26-15-16-27(32-17-4-2)29(31)28(26)30/h4,15-16,20-25H,2-3,5-14,17-19H2,1H3. The Kier molecular flexibility index (Phi) is 8.29. The summed E-state index contributed by atoms with van der Waals surface area (Å²) in [7, 11) is 0. The number of fused-ring (bicyclic) bond motifs is 1. The first-order valence-electron chi connectivity index (χ1n) is 13.3. The summed E-state index contributed by atoms with van der Waals surface area (Å²) in [6, 6.07) is 3.32. The van der Waals surface area contributed by atoms with E-state index in [4.69, 9.17) is 4.74 Å². The Balaban J connectivity index is 1.28. The van der Waals surface area contributed by atoms with Gasteiger partial charge in [-0.1, -0.05) is 51.3 Å². The molecule has 4 rings (SSSR count). The lowest BCUT2D eigenvalue weighted by atomic mass is 9.60. The number of unbranched alkanes of at least 4 members (excludes halogenated alkanes) is 1. The lowest BCUT2D eigenvalue weighted by molar-refractivity contribution is 0.0613. The fraction of sp³-hybridized carbons (Fsp3) is 0.724. The van der Waals surface area contributed by atoms with E-state index in [-0.39, 0.29) is 18.3 Å². The number of benzene rings is 1. The maximum Gasteiger partial charge on any atom is 0.200 e. The first kappa shape index (κ1) is 23.8. The van der Waals surface area contributed by atoms with Crippen LogP contribution in [-0.2, 0) is 0 Å². The van der Waals surface area contributed by atoms with Crippen molar-refractivity contribution in [3.63, 3.8) is 0 Å². The summed E-state index contributed by atoms with van der Waals surface area (Å²) < 4.78 is 34.4. The van der Waals surface area contributed by atoms with Crippen molar-refractivity contribution >= 4 is 0 Å². The van der Waals surface area contributed by atoms with Crippen LogP contribution >= 0.6 is 0 Å². The van der Waals surface area contributed by atoms with E-state index in [1.165, 1.54) is 76.7 Å². The van der Waals surface area contributed by atoms with E-state index in [1.807, 2.05) is 0 Å². The van der Waals surface area contributed by atoms with Gasteiger partial charge in [-0.25, -0.2) is 4.39 Å². The Bertz CT molecular complexity index is 752. The van der Waals surface area contributed by atoms with Gasteiger partial charge >= 0.3 is 0 Å². The van der Waals surface area contributed by atoms with E-state index in [1.54, 1.807) is 12.1 Å². The van der Waals surface area contributed by atoms with Crippen molar-refractivity contribution in [1.82, 2.24) is 0 Å². The summed E-state index contributed by atoms with van der Waals surface area (Å²) in [4.78, 5) is 0. The molecule has 3 fully saturated rings. The highest BCUT2D eigenvalue weighted by Crippen LogP contribution is 2.50. The average molecular weight is 445 g/mol. The van der Waals surface area contributed by atoms with E-state index in [0.717, 1.165) is 42.4 Å². The van der Waals surface area contributed by atoms with E-state index in [2.05, 4.69) is 13.5 Å². The van der Waals surface area contributed by atoms with Crippen LogP contribution in [0.4, 0.5) is 8.78 Å². The first-order valence-corrected chi connectivity index (χ1v) is 13.3. The van der Waals surface area contributed by atoms with Gasteiger partial charge in [-0.15, -0.1) is 0 Å². The van der Waals surface area contributed by atoms with Crippen LogP contribution in [-0.4, -0.2) is 6.61 Å². The summed E-state index contributed by atoms with van der Waals surface area (Å²) >= 11 is 0. The molecule has 0 saturated heterocycles. The number of hydrogen-bond acceptors (Lipinski definition) is 1. The molecule has 1 aromatic rings. The molecule has 0 radical (unpaired) electrons. The molecule has 1 aromatic carbocycles. The monoisotopic (exact) mass is 444 g/mol. The Morgan fingerprint density at radius 3 is 2.25 bits per heavy atom. The van der Waals surface area contributed by atoms with Gasteiger partial charge in [-0.05, 0) is 105 Å². The van der Waals surface area contributed by atoms with E-state index < -0.39 is 11.6 Å². The van der Waals surface area contributed by atoms with Crippen LogP contribution in [0.3, 0.4) is 0 Å². The fourth-order valence-electron chi connectivity index (χ4n) is 7.23. The third-order valence-corrected chi connectivity index (χ3v) is 9.04. The van der Waals surface area contributed by atoms with Crippen LogP contribution in [0.1, 0.15) is 102 Å². The maximum absolute atomic E-state index is 14.7. The van der Waals surface area contributed by atoms with Crippen LogP contribution in [0.2, 0.25) is 0 Å². The van der Waals surface area contributed by atoms with Crippen molar-refractivity contribution < 1.29 is 13.5 Å². The highest BCUT2D eigenvalue weighted by molar-refractivity contribution is 5.33. The minimum absolute atomic E-state index is 0.0130. The molecule has 3 aliphatic carbocycles. The summed E-state index contributed by atoms with van der Waals surface area (Å²) in [5.74, 6) is 3.15.